The minimum atomic E-state index is -1.25. The zero-order chi connectivity index (χ0) is 14.9. The Balaban J connectivity index is 2.50. The smallest absolute Gasteiger partial charge is 0.341 e. The summed E-state index contributed by atoms with van der Waals surface area (Å²) < 4.78 is 0. The van der Waals surface area contributed by atoms with Gasteiger partial charge in [-0.25, -0.2) is 4.79 Å². The van der Waals surface area contributed by atoms with Crippen LogP contribution in [-0.2, 0) is 6.42 Å². The number of carboxylic acids is 1. The monoisotopic (exact) mass is 311 g/mol. The fourth-order valence-corrected chi connectivity index (χ4v) is 2.32. The highest BCUT2D eigenvalue weighted by molar-refractivity contribution is 6.42. The summed E-state index contributed by atoms with van der Waals surface area (Å²) in [4.78, 5) is 25.4. The highest BCUT2D eigenvalue weighted by Crippen LogP contribution is 2.24. The fraction of sp³-hybridized carbons (Fsp3) is 0.143. The lowest BCUT2D eigenvalue weighted by molar-refractivity contribution is 0.0694. The lowest BCUT2D eigenvalue weighted by Crippen LogP contribution is -2.21. The van der Waals surface area contributed by atoms with Crippen LogP contribution in [0.4, 0.5) is 0 Å². The summed E-state index contributed by atoms with van der Waals surface area (Å²) in [5, 5.41) is 9.97. The largest absolute Gasteiger partial charge is 0.477 e. The van der Waals surface area contributed by atoms with Crippen LogP contribution in [0, 0.1) is 6.92 Å². The van der Waals surface area contributed by atoms with Crippen molar-refractivity contribution in [1.29, 1.82) is 0 Å². The molecule has 20 heavy (non-hydrogen) atoms. The first-order chi connectivity index (χ1) is 9.38. The molecule has 0 aliphatic rings. The normalized spacial score (nSPS) is 10.6. The molecule has 0 bridgehead atoms. The molecule has 0 amide bonds. The van der Waals surface area contributed by atoms with Crippen molar-refractivity contribution in [2.45, 2.75) is 13.3 Å². The van der Waals surface area contributed by atoms with Crippen LogP contribution in [-0.4, -0.2) is 16.1 Å². The van der Waals surface area contributed by atoms with Gasteiger partial charge in [-0.05, 0) is 42.7 Å². The Bertz CT molecular complexity index is 738. The molecule has 0 radical (unpaired) electrons. The van der Waals surface area contributed by atoms with Crippen LogP contribution in [0.25, 0.3) is 0 Å². The SMILES string of the molecule is Cc1cc(Cc2ccc(Cl)c(Cl)c2)c(C(=O)O)c(=O)[nH]1. The van der Waals surface area contributed by atoms with Gasteiger partial charge in [-0.3, -0.25) is 4.79 Å². The third-order valence-corrected chi connectivity index (χ3v) is 3.58. The van der Waals surface area contributed by atoms with E-state index in [1.165, 1.54) is 0 Å². The molecule has 0 spiro atoms. The molecule has 2 rings (SSSR count). The molecule has 2 N–H and O–H groups in total. The second kappa shape index (κ2) is 5.69. The maximum atomic E-state index is 11.7. The van der Waals surface area contributed by atoms with Gasteiger partial charge in [0.1, 0.15) is 5.56 Å². The van der Waals surface area contributed by atoms with E-state index in [2.05, 4.69) is 4.98 Å². The number of aromatic amines is 1. The summed E-state index contributed by atoms with van der Waals surface area (Å²) >= 11 is 11.8. The van der Waals surface area contributed by atoms with Gasteiger partial charge in [-0.1, -0.05) is 29.3 Å². The summed E-state index contributed by atoms with van der Waals surface area (Å²) in [6, 6.07) is 6.69. The predicted octanol–water partition coefficient (Wildman–Crippen LogP) is 3.28. The van der Waals surface area contributed by atoms with E-state index < -0.39 is 11.5 Å². The number of aryl methyl sites for hydroxylation is 1. The van der Waals surface area contributed by atoms with E-state index in [1.54, 1.807) is 31.2 Å². The van der Waals surface area contributed by atoms with Gasteiger partial charge in [0.05, 0.1) is 10.0 Å². The number of carbonyl (C=O) groups is 1. The van der Waals surface area contributed by atoms with E-state index in [-0.39, 0.29) is 5.56 Å². The number of hydrogen-bond donors (Lipinski definition) is 2. The van der Waals surface area contributed by atoms with Crippen LogP contribution in [0.15, 0.2) is 29.1 Å². The molecule has 6 heteroatoms. The number of nitrogens with one attached hydrogen (secondary N) is 1. The molecule has 1 heterocycles. The lowest BCUT2D eigenvalue weighted by Gasteiger charge is -2.08. The van der Waals surface area contributed by atoms with Crippen molar-refractivity contribution in [1.82, 2.24) is 4.98 Å². The summed E-state index contributed by atoms with van der Waals surface area (Å²) in [6.07, 6.45) is 0.295. The van der Waals surface area contributed by atoms with Gasteiger partial charge in [0.2, 0.25) is 0 Å². The zero-order valence-electron chi connectivity index (χ0n) is 10.5. The van der Waals surface area contributed by atoms with E-state index in [4.69, 9.17) is 28.3 Å². The Hall–Kier alpha value is -1.78. The van der Waals surface area contributed by atoms with Gasteiger partial charge in [0.15, 0.2) is 0 Å². The van der Waals surface area contributed by atoms with Crippen LogP contribution in [0.5, 0.6) is 0 Å². The molecule has 0 unspecified atom stereocenters. The van der Waals surface area contributed by atoms with E-state index >= 15 is 0 Å². The summed E-state index contributed by atoms with van der Waals surface area (Å²) in [5.74, 6) is -1.25. The molecular formula is C14H11Cl2NO3. The molecule has 1 aromatic heterocycles. The van der Waals surface area contributed by atoms with E-state index in [0.717, 1.165) is 5.56 Å². The Kier molecular flexibility index (Phi) is 4.16. The number of benzene rings is 1. The van der Waals surface area contributed by atoms with Crippen molar-refractivity contribution in [3.8, 4) is 0 Å². The molecule has 2 aromatic rings. The van der Waals surface area contributed by atoms with Gasteiger partial charge in [0, 0.05) is 5.69 Å². The molecule has 0 aliphatic heterocycles. The standard InChI is InChI=1S/C14H11Cl2NO3/c1-7-4-9(12(14(19)20)13(18)17-7)5-8-2-3-10(15)11(16)6-8/h2-4,6H,5H2,1H3,(H,17,18)(H,19,20). The number of aromatic nitrogens is 1. The summed E-state index contributed by atoms with van der Waals surface area (Å²) in [5.41, 5.74) is 0.980. The quantitative estimate of drug-likeness (QED) is 0.913. The number of rotatable bonds is 3. The molecule has 4 nitrogen and oxygen atoms in total. The molecule has 0 aliphatic carbocycles. The second-order valence-corrected chi connectivity index (χ2v) is 5.23. The number of hydrogen-bond acceptors (Lipinski definition) is 2. The number of aromatic carboxylic acids is 1. The highest BCUT2D eigenvalue weighted by Gasteiger charge is 2.16. The molecule has 0 fully saturated rings. The van der Waals surface area contributed by atoms with Gasteiger partial charge >= 0.3 is 5.97 Å². The Morgan fingerprint density at radius 1 is 1.25 bits per heavy atom. The van der Waals surface area contributed by atoms with Crippen molar-refractivity contribution in [3.63, 3.8) is 0 Å². The van der Waals surface area contributed by atoms with Crippen molar-refractivity contribution in [2.75, 3.05) is 0 Å². The maximum absolute atomic E-state index is 11.7. The topological polar surface area (TPSA) is 70.2 Å². The fourth-order valence-electron chi connectivity index (χ4n) is 2.00. The van der Waals surface area contributed by atoms with Gasteiger partial charge in [0.25, 0.3) is 5.56 Å². The van der Waals surface area contributed by atoms with Crippen LogP contribution < -0.4 is 5.56 Å². The highest BCUT2D eigenvalue weighted by atomic mass is 35.5. The lowest BCUT2D eigenvalue weighted by atomic mass is 10.0. The van der Waals surface area contributed by atoms with Gasteiger partial charge < -0.3 is 10.1 Å². The average Bonchev–Trinajstić information content (AvgIpc) is 2.32. The number of pyridine rings is 1. The van der Waals surface area contributed by atoms with Crippen molar-refractivity contribution in [3.05, 3.63) is 67.0 Å². The minimum Gasteiger partial charge on any atom is -0.477 e. The molecule has 0 saturated heterocycles. The third kappa shape index (κ3) is 3.03. The Morgan fingerprint density at radius 3 is 2.55 bits per heavy atom. The van der Waals surface area contributed by atoms with E-state index in [9.17, 15) is 9.59 Å². The molecule has 0 atom stereocenters. The third-order valence-electron chi connectivity index (χ3n) is 2.84. The minimum absolute atomic E-state index is 0.248. The first-order valence-corrected chi connectivity index (χ1v) is 6.54. The van der Waals surface area contributed by atoms with Gasteiger partial charge in [-0.15, -0.1) is 0 Å². The predicted molar refractivity (Wildman–Crippen MR) is 78.0 cm³/mol. The first-order valence-electron chi connectivity index (χ1n) is 5.78. The number of H-pyrrole nitrogens is 1. The van der Waals surface area contributed by atoms with Crippen LogP contribution in [0.3, 0.4) is 0 Å². The Morgan fingerprint density at radius 2 is 1.95 bits per heavy atom. The van der Waals surface area contributed by atoms with Gasteiger partial charge in [-0.2, -0.15) is 0 Å². The van der Waals surface area contributed by atoms with Crippen molar-refractivity contribution in [2.24, 2.45) is 0 Å². The van der Waals surface area contributed by atoms with Crippen LogP contribution >= 0.6 is 23.2 Å². The molecule has 0 saturated carbocycles. The van der Waals surface area contributed by atoms with Crippen molar-refractivity contribution < 1.29 is 9.90 Å². The molecular weight excluding hydrogens is 301 g/mol. The first kappa shape index (κ1) is 14.6. The number of carboxylic acid groups (broad SMARTS) is 1. The molecule has 104 valence electrons. The molecule has 1 aromatic carbocycles. The number of halogens is 2. The average molecular weight is 312 g/mol. The zero-order valence-corrected chi connectivity index (χ0v) is 12.0. The second-order valence-electron chi connectivity index (χ2n) is 4.41. The van der Waals surface area contributed by atoms with Crippen molar-refractivity contribution >= 4 is 29.2 Å². The Labute approximate surface area is 125 Å². The van der Waals surface area contributed by atoms with Crippen LogP contribution in [0.2, 0.25) is 10.0 Å². The maximum Gasteiger partial charge on any atom is 0.341 e. The summed E-state index contributed by atoms with van der Waals surface area (Å²) in [6.45, 7) is 1.70. The summed E-state index contributed by atoms with van der Waals surface area (Å²) in [7, 11) is 0. The van der Waals surface area contributed by atoms with E-state index in [0.29, 0.717) is 27.7 Å². The van der Waals surface area contributed by atoms with Crippen LogP contribution in [0.1, 0.15) is 27.2 Å². The van der Waals surface area contributed by atoms with E-state index in [1.807, 2.05) is 0 Å².